The van der Waals surface area contributed by atoms with E-state index in [2.05, 4.69) is 17.1 Å². The van der Waals surface area contributed by atoms with Crippen LogP contribution < -0.4 is 5.32 Å². The zero-order valence-corrected chi connectivity index (χ0v) is 12.0. The van der Waals surface area contributed by atoms with Gasteiger partial charge in [0.05, 0.1) is 6.54 Å². The summed E-state index contributed by atoms with van der Waals surface area (Å²) in [5.41, 5.74) is -0.443. The average molecular weight is 255 g/mol. The lowest BCUT2D eigenvalue weighted by molar-refractivity contribution is -0.136. The maximum atomic E-state index is 11.9. The van der Waals surface area contributed by atoms with Crippen molar-refractivity contribution in [2.75, 3.05) is 39.3 Å². The van der Waals surface area contributed by atoms with Crippen molar-refractivity contribution < 1.29 is 9.59 Å². The van der Waals surface area contributed by atoms with E-state index in [1.54, 1.807) is 0 Å². The lowest BCUT2D eigenvalue weighted by Gasteiger charge is -2.34. The summed E-state index contributed by atoms with van der Waals surface area (Å²) >= 11 is 0. The topological polar surface area (TPSA) is 52.6 Å². The number of piperazine rings is 1. The molecule has 2 amide bonds. The number of carbonyl (C=O) groups is 2. The first-order valence-electron chi connectivity index (χ1n) is 6.63. The highest BCUT2D eigenvalue weighted by molar-refractivity contribution is 5.87. The van der Waals surface area contributed by atoms with E-state index >= 15 is 0 Å². The molecule has 5 nitrogen and oxygen atoms in total. The first-order valence-corrected chi connectivity index (χ1v) is 6.63. The second-order valence-electron chi connectivity index (χ2n) is 5.75. The summed E-state index contributed by atoms with van der Waals surface area (Å²) in [6.07, 6.45) is 0. The third-order valence-electron chi connectivity index (χ3n) is 3.25. The Morgan fingerprint density at radius 1 is 1.11 bits per heavy atom. The molecule has 0 aromatic carbocycles. The van der Waals surface area contributed by atoms with Gasteiger partial charge in [-0.3, -0.25) is 9.59 Å². The second kappa shape index (κ2) is 6.18. The molecule has 1 aliphatic rings. The molecule has 0 aliphatic carbocycles. The zero-order chi connectivity index (χ0) is 13.8. The Kier molecular flexibility index (Phi) is 5.14. The molecular weight excluding hydrogens is 230 g/mol. The van der Waals surface area contributed by atoms with Crippen molar-refractivity contribution in [3.8, 4) is 0 Å². The van der Waals surface area contributed by atoms with Crippen LogP contribution in [-0.2, 0) is 9.59 Å². The second-order valence-corrected chi connectivity index (χ2v) is 5.75. The van der Waals surface area contributed by atoms with Gasteiger partial charge in [-0.1, -0.05) is 27.7 Å². The van der Waals surface area contributed by atoms with E-state index < -0.39 is 5.41 Å². The number of nitrogens with zero attached hydrogens (tertiary/aromatic N) is 2. The summed E-state index contributed by atoms with van der Waals surface area (Å²) in [5, 5.41) is 2.70. The van der Waals surface area contributed by atoms with Crippen LogP contribution in [-0.4, -0.2) is 60.9 Å². The minimum atomic E-state index is -0.443. The number of nitrogens with one attached hydrogen (secondary N) is 1. The number of carbonyl (C=O) groups excluding carboxylic acids is 2. The summed E-state index contributed by atoms with van der Waals surface area (Å²) in [6.45, 7) is 12.2. The predicted octanol–water partition coefficient (Wildman–Crippen LogP) is 0.313. The molecule has 1 aliphatic heterocycles. The largest absolute Gasteiger partial charge is 0.347 e. The minimum Gasteiger partial charge on any atom is -0.347 e. The van der Waals surface area contributed by atoms with Crippen LogP contribution in [0.1, 0.15) is 27.7 Å². The number of amides is 2. The molecule has 104 valence electrons. The Labute approximate surface area is 110 Å². The molecule has 5 heteroatoms. The number of hydrogen-bond acceptors (Lipinski definition) is 3. The van der Waals surface area contributed by atoms with Gasteiger partial charge in [0, 0.05) is 31.6 Å². The highest BCUT2D eigenvalue weighted by Crippen LogP contribution is 2.12. The van der Waals surface area contributed by atoms with E-state index in [0.717, 1.165) is 32.7 Å². The molecule has 0 radical (unpaired) electrons. The molecule has 0 unspecified atom stereocenters. The molecule has 1 rings (SSSR count). The van der Waals surface area contributed by atoms with Crippen molar-refractivity contribution in [3.05, 3.63) is 0 Å². The maximum Gasteiger partial charge on any atom is 0.242 e. The van der Waals surface area contributed by atoms with E-state index in [1.165, 1.54) is 0 Å². The van der Waals surface area contributed by atoms with Gasteiger partial charge in [0.25, 0.3) is 0 Å². The molecule has 0 spiro atoms. The summed E-state index contributed by atoms with van der Waals surface area (Å²) < 4.78 is 0. The predicted molar refractivity (Wildman–Crippen MR) is 71.2 cm³/mol. The summed E-state index contributed by atoms with van der Waals surface area (Å²) in [4.78, 5) is 27.7. The van der Waals surface area contributed by atoms with Crippen molar-refractivity contribution >= 4 is 11.8 Å². The van der Waals surface area contributed by atoms with Gasteiger partial charge in [0.15, 0.2) is 0 Å². The van der Waals surface area contributed by atoms with Gasteiger partial charge in [-0.2, -0.15) is 0 Å². The van der Waals surface area contributed by atoms with Crippen LogP contribution in [0.5, 0.6) is 0 Å². The average Bonchev–Trinajstić information content (AvgIpc) is 2.34. The van der Waals surface area contributed by atoms with Gasteiger partial charge in [-0.15, -0.1) is 0 Å². The van der Waals surface area contributed by atoms with Gasteiger partial charge in [0.2, 0.25) is 11.8 Å². The number of hydrogen-bond donors (Lipinski definition) is 1. The molecule has 18 heavy (non-hydrogen) atoms. The third kappa shape index (κ3) is 4.29. The molecule has 0 atom stereocenters. The summed E-state index contributed by atoms with van der Waals surface area (Å²) in [6, 6.07) is 0. The molecule has 1 saturated heterocycles. The van der Waals surface area contributed by atoms with E-state index in [1.807, 2.05) is 25.7 Å². The molecule has 0 aromatic heterocycles. The zero-order valence-electron chi connectivity index (χ0n) is 12.0. The SMILES string of the molecule is CCN1CCN(C(=O)CNC(=O)C(C)(C)C)CC1. The Hall–Kier alpha value is -1.10. The Bertz CT molecular complexity index is 302. The molecule has 0 bridgehead atoms. The van der Waals surface area contributed by atoms with Crippen LogP contribution >= 0.6 is 0 Å². The van der Waals surface area contributed by atoms with Crippen LogP contribution in [0.15, 0.2) is 0 Å². The standard InChI is InChI=1S/C13H25N3O2/c1-5-15-6-8-16(9-7-15)11(17)10-14-12(18)13(2,3)4/h5-10H2,1-4H3,(H,14,18). The highest BCUT2D eigenvalue weighted by atomic mass is 16.2. The van der Waals surface area contributed by atoms with Crippen LogP contribution in [0, 0.1) is 5.41 Å². The van der Waals surface area contributed by atoms with Crippen LogP contribution in [0.3, 0.4) is 0 Å². The fraction of sp³-hybridized carbons (Fsp3) is 0.846. The first-order chi connectivity index (χ1) is 8.34. The number of rotatable bonds is 3. The molecule has 0 saturated carbocycles. The van der Waals surface area contributed by atoms with Crippen molar-refractivity contribution in [1.82, 2.24) is 15.1 Å². The van der Waals surface area contributed by atoms with Gasteiger partial charge < -0.3 is 15.1 Å². The molecule has 0 aromatic rings. The molecule has 1 heterocycles. The van der Waals surface area contributed by atoms with E-state index in [4.69, 9.17) is 0 Å². The smallest absolute Gasteiger partial charge is 0.242 e. The normalized spacial score (nSPS) is 17.7. The Balaban J connectivity index is 2.32. The van der Waals surface area contributed by atoms with Gasteiger partial charge in [-0.25, -0.2) is 0 Å². The lowest BCUT2D eigenvalue weighted by Crippen LogP contribution is -2.51. The van der Waals surface area contributed by atoms with Crippen molar-refractivity contribution in [3.63, 3.8) is 0 Å². The maximum absolute atomic E-state index is 11.9. The molecule has 1 N–H and O–H groups in total. The van der Waals surface area contributed by atoms with E-state index in [9.17, 15) is 9.59 Å². The van der Waals surface area contributed by atoms with E-state index in [0.29, 0.717) is 0 Å². The summed E-state index contributed by atoms with van der Waals surface area (Å²) in [5.74, 6) is -0.0635. The van der Waals surface area contributed by atoms with Crippen LogP contribution in [0.25, 0.3) is 0 Å². The Morgan fingerprint density at radius 3 is 2.11 bits per heavy atom. The monoisotopic (exact) mass is 255 g/mol. The minimum absolute atomic E-state index is 0.0170. The molecule has 1 fully saturated rings. The number of likely N-dealkylation sites (N-methyl/N-ethyl adjacent to an activating group) is 1. The van der Waals surface area contributed by atoms with Gasteiger partial charge in [0.1, 0.15) is 0 Å². The fourth-order valence-electron chi connectivity index (χ4n) is 1.85. The van der Waals surface area contributed by atoms with Crippen LogP contribution in [0.2, 0.25) is 0 Å². The van der Waals surface area contributed by atoms with E-state index in [-0.39, 0.29) is 18.4 Å². The van der Waals surface area contributed by atoms with Crippen molar-refractivity contribution in [1.29, 1.82) is 0 Å². The lowest BCUT2D eigenvalue weighted by atomic mass is 9.96. The van der Waals surface area contributed by atoms with Crippen LogP contribution in [0.4, 0.5) is 0 Å². The van der Waals surface area contributed by atoms with Crippen molar-refractivity contribution in [2.24, 2.45) is 5.41 Å². The van der Waals surface area contributed by atoms with Crippen molar-refractivity contribution in [2.45, 2.75) is 27.7 Å². The third-order valence-corrected chi connectivity index (χ3v) is 3.25. The van der Waals surface area contributed by atoms with Gasteiger partial charge in [-0.05, 0) is 6.54 Å². The Morgan fingerprint density at radius 2 is 1.67 bits per heavy atom. The highest BCUT2D eigenvalue weighted by Gasteiger charge is 2.24. The first kappa shape index (κ1) is 15.0. The quantitative estimate of drug-likeness (QED) is 0.790. The fourth-order valence-corrected chi connectivity index (χ4v) is 1.85. The molecular formula is C13H25N3O2. The van der Waals surface area contributed by atoms with Gasteiger partial charge >= 0.3 is 0 Å². The summed E-state index contributed by atoms with van der Waals surface area (Å²) in [7, 11) is 0.